The molecule has 0 radical (unpaired) electrons. The Morgan fingerprint density at radius 3 is 2.84 bits per heavy atom. The molecule has 3 rings (SSSR count). The van der Waals surface area contributed by atoms with Gasteiger partial charge in [-0.15, -0.1) is 0 Å². The van der Waals surface area contributed by atoms with E-state index in [-0.39, 0.29) is 24.2 Å². The number of nitrogens with zero attached hydrogens (tertiary/aromatic N) is 1. The van der Waals surface area contributed by atoms with Gasteiger partial charge in [-0.3, -0.25) is 4.79 Å². The van der Waals surface area contributed by atoms with Crippen LogP contribution in [-0.4, -0.2) is 41.7 Å². The van der Waals surface area contributed by atoms with Crippen LogP contribution in [0.1, 0.15) is 18.1 Å². The van der Waals surface area contributed by atoms with Gasteiger partial charge in [0, 0.05) is 18.7 Å². The van der Waals surface area contributed by atoms with Crippen molar-refractivity contribution in [1.82, 2.24) is 4.90 Å². The summed E-state index contributed by atoms with van der Waals surface area (Å²) in [5.74, 6) is 0.770. The summed E-state index contributed by atoms with van der Waals surface area (Å²) < 4.78 is 11.4. The largest absolute Gasteiger partial charge is 0.508 e. The molecule has 1 saturated heterocycles. The molecule has 1 heterocycles. The molecule has 0 bridgehead atoms. The minimum absolute atomic E-state index is 0.0188. The van der Waals surface area contributed by atoms with Crippen molar-refractivity contribution in [3.05, 3.63) is 59.7 Å². The van der Waals surface area contributed by atoms with E-state index in [1.54, 1.807) is 23.1 Å². The molecule has 1 N–H and O–H groups in total. The predicted octanol–water partition coefficient (Wildman–Crippen LogP) is 2.76. The zero-order chi connectivity index (χ0) is 17.6. The maximum absolute atomic E-state index is 12.6. The Bertz CT molecular complexity index is 717. The van der Waals surface area contributed by atoms with Crippen molar-refractivity contribution in [3.63, 3.8) is 0 Å². The number of rotatable bonds is 5. The SMILES string of the molecule is C[C@@H]1CN(C(=O)Cc2cc(O)ccc2OCc2ccccc2)CCO1. The lowest BCUT2D eigenvalue weighted by Crippen LogP contribution is -2.45. The quantitative estimate of drug-likeness (QED) is 0.908. The summed E-state index contributed by atoms with van der Waals surface area (Å²) in [5, 5.41) is 9.79. The second-order valence-electron chi connectivity index (χ2n) is 6.26. The van der Waals surface area contributed by atoms with E-state index in [4.69, 9.17) is 9.47 Å². The van der Waals surface area contributed by atoms with Gasteiger partial charge in [0.2, 0.25) is 5.91 Å². The highest BCUT2D eigenvalue weighted by Gasteiger charge is 2.22. The van der Waals surface area contributed by atoms with Gasteiger partial charge in [-0.1, -0.05) is 30.3 Å². The van der Waals surface area contributed by atoms with Crippen molar-refractivity contribution >= 4 is 5.91 Å². The van der Waals surface area contributed by atoms with Crippen molar-refractivity contribution in [3.8, 4) is 11.5 Å². The van der Waals surface area contributed by atoms with E-state index in [0.717, 1.165) is 5.56 Å². The van der Waals surface area contributed by atoms with Gasteiger partial charge in [-0.25, -0.2) is 0 Å². The number of carbonyl (C=O) groups excluding carboxylic acids is 1. The summed E-state index contributed by atoms with van der Waals surface area (Å²) in [6.07, 6.45) is 0.251. The molecule has 1 aliphatic rings. The summed E-state index contributed by atoms with van der Waals surface area (Å²) in [6.45, 7) is 4.13. The fraction of sp³-hybridized carbons (Fsp3) is 0.350. The molecule has 0 saturated carbocycles. The third-order valence-electron chi connectivity index (χ3n) is 4.22. The molecule has 2 aromatic carbocycles. The first kappa shape index (κ1) is 17.3. The molecule has 132 valence electrons. The fourth-order valence-electron chi connectivity index (χ4n) is 2.90. The van der Waals surface area contributed by atoms with Crippen molar-refractivity contribution < 1.29 is 19.4 Å². The van der Waals surface area contributed by atoms with Crippen LogP contribution in [0.4, 0.5) is 0 Å². The maximum Gasteiger partial charge on any atom is 0.227 e. The maximum atomic E-state index is 12.6. The molecule has 0 aromatic heterocycles. The van der Waals surface area contributed by atoms with Crippen molar-refractivity contribution in [2.75, 3.05) is 19.7 Å². The summed E-state index contributed by atoms with van der Waals surface area (Å²) >= 11 is 0. The molecule has 25 heavy (non-hydrogen) atoms. The number of aromatic hydroxyl groups is 1. The Morgan fingerprint density at radius 2 is 2.08 bits per heavy atom. The number of ether oxygens (including phenoxy) is 2. The van der Waals surface area contributed by atoms with Crippen molar-refractivity contribution in [1.29, 1.82) is 0 Å². The Kier molecular flexibility index (Phi) is 5.56. The van der Waals surface area contributed by atoms with Crippen molar-refractivity contribution in [2.45, 2.75) is 26.1 Å². The molecule has 0 aliphatic carbocycles. The monoisotopic (exact) mass is 341 g/mol. The van der Waals surface area contributed by atoms with Gasteiger partial charge in [0.15, 0.2) is 0 Å². The zero-order valence-corrected chi connectivity index (χ0v) is 14.4. The predicted molar refractivity (Wildman–Crippen MR) is 94.6 cm³/mol. The number of hydrogen-bond donors (Lipinski definition) is 1. The number of phenolic OH excluding ortho intramolecular Hbond substituents is 1. The molecular formula is C20H23NO4. The van der Waals surface area contributed by atoms with E-state index in [2.05, 4.69) is 0 Å². The van der Waals surface area contributed by atoms with Crippen LogP contribution in [0.5, 0.6) is 11.5 Å². The highest BCUT2D eigenvalue weighted by molar-refractivity contribution is 5.79. The average molecular weight is 341 g/mol. The summed E-state index contributed by atoms with van der Waals surface area (Å²) in [7, 11) is 0. The van der Waals surface area contributed by atoms with Gasteiger partial charge in [0.1, 0.15) is 18.1 Å². The average Bonchev–Trinajstić information content (AvgIpc) is 2.62. The molecule has 5 nitrogen and oxygen atoms in total. The van der Waals surface area contributed by atoms with Gasteiger partial charge in [0.05, 0.1) is 19.1 Å². The molecule has 1 atom stereocenters. The van der Waals surface area contributed by atoms with Crippen LogP contribution in [0.25, 0.3) is 0 Å². The first-order valence-electron chi connectivity index (χ1n) is 8.50. The van der Waals surface area contributed by atoms with Crippen LogP contribution < -0.4 is 4.74 Å². The van der Waals surface area contributed by atoms with Crippen LogP contribution in [0.15, 0.2) is 48.5 Å². The Labute approximate surface area is 147 Å². The first-order chi connectivity index (χ1) is 12.1. The molecule has 1 fully saturated rings. The molecule has 1 aliphatic heterocycles. The number of benzene rings is 2. The highest BCUT2D eigenvalue weighted by atomic mass is 16.5. The molecule has 0 unspecified atom stereocenters. The van der Waals surface area contributed by atoms with Crippen LogP contribution in [0.3, 0.4) is 0 Å². The lowest BCUT2D eigenvalue weighted by molar-refractivity contribution is -0.137. The summed E-state index contributed by atoms with van der Waals surface area (Å²) in [6, 6.07) is 14.7. The van der Waals surface area contributed by atoms with E-state index >= 15 is 0 Å². The van der Waals surface area contributed by atoms with Crippen LogP contribution in [0.2, 0.25) is 0 Å². The van der Waals surface area contributed by atoms with Crippen LogP contribution in [-0.2, 0) is 22.6 Å². The van der Waals surface area contributed by atoms with E-state index in [1.165, 1.54) is 0 Å². The summed E-state index contributed by atoms with van der Waals surface area (Å²) in [5.41, 5.74) is 1.75. The smallest absolute Gasteiger partial charge is 0.227 e. The second-order valence-corrected chi connectivity index (χ2v) is 6.26. The van der Waals surface area contributed by atoms with Gasteiger partial charge >= 0.3 is 0 Å². The highest BCUT2D eigenvalue weighted by Crippen LogP contribution is 2.25. The van der Waals surface area contributed by atoms with Crippen LogP contribution in [0, 0.1) is 0 Å². The lowest BCUT2D eigenvalue weighted by Gasteiger charge is -2.31. The Balaban J connectivity index is 1.69. The minimum atomic E-state index is 0.0188. The first-order valence-corrected chi connectivity index (χ1v) is 8.50. The van der Waals surface area contributed by atoms with Crippen molar-refractivity contribution in [2.24, 2.45) is 0 Å². The van der Waals surface area contributed by atoms with Gasteiger partial charge in [-0.05, 0) is 30.7 Å². The topological polar surface area (TPSA) is 59.0 Å². The molecule has 0 spiro atoms. The van der Waals surface area contributed by atoms with E-state index in [1.807, 2.05) is 37.3 Å². The standard InChI is InChI=1S/C20H23NO4/c1-15-13-21(9-10-24-15)20(23)12-17-11-18(22)7-8-19(17)25-14-16-5-3-2-4-6-16/h2-8,11,15,22H,9-10,12-14H2,1H3/t15-/m1/s1. The van der Waals surface area contributed by atoms with Gasteiger partial charge in [0.25, 0.3) is 0 Å². The fourth-order valence-corrected chi connectivity index (χ4v) is 2.90. The number of morpholine rings is 1. The normalized spacial score (nSPS) is 17.3. The lowest BCUT2D eigenvalue weighted by atomic mass is 10.1. The second kappa shape index (κ2) is 8.03. The third-order valence-corrected chi connectivity index (χ3v) is 4.22. The number of hydrogen-bond acceptors (Lipinski definition) is 4. The third kappa shape index (κ3) is 4.73. The van der Waals surface area contributed by atoms with E-state index in [9.17, 15) is 9.90 Å². The van der Waals surface area contributed by atoms with E-state index < -0.39 is 0 Å². The van der Waals surface area contributed by atoms with E-state index in [0.29, 0.717) is 37.6 Å². The Hall–Kier alpha value is -2.53. The number of carbonyl (C=O) groups is 1. The minimum Gasteiger partial charge on any atom is -0.508 e. The molecular weight excluding hydrogens is 318 g/mol. The van der Waals surface area contributed by atoms with Gasteiger partial charge in [-0.2, -0.15) is 0 Å². The van der Waals surface area contributed by atoms with Gasteiger partial charge < -0.3 is 19.5 Å². The number of phenols is 1. The van der Waals surface area contributed by atoms with Crippen LogP contribution >= 0.6 is 0 Å². The zero-order valence-electron chi connectivity index (χ0n) is 14.4. The Morgan fingerprint density at radius 1 is 1.28 bits per heavy atom. The number of amides is 1. The molecule has 2 aromatic rings. The summed E-state index contributed by atoms with van der Waals surface area (Å²) in [4.78, 5) is 14.4. The molecule has 1 amide bonds. The molecule has 5 heteroatoms.